The first-order valence-electron chi connectivity index (χ1n) is 11.0. The average molecular weight is 437 g/mol. The molecule has 1 aliphatic carbocycles. The predicted molar refractivity (Wildman–Crippen MR) is 118 cm³/mol. The molecule has 7 nitrogen and oxygen atoms in total. The Labute approximate surface area is 186 Å². The van der Waals surface area contributed by atoms with Crippen LogP contribution in [0.2, 0.25) is 0 Å². The van der Waals surface area contributed by atoms with Crippen LogP contribution in [0.25, 0.3) is 22.6 Å². The predicted octanol–water partition coefficient (Wildman–Crippen LogP) is 4.32. The lowest BCUT2D eigenvalue weighted by molar-refractivity contribution is -0.211. The number of ether oxygens (including phenoxy) is 2. The van der Waals surface area contributed by atoms with Crippen LogP contribution in [0.3, 0.4) is 0 Å². The van der Waals surface area contributed by atoms with Crippen molar-refractivity contribution in [3.63, 3.8) is 0 Å². The van der Waals surface area contributed by atoms with Gasteiger partial charge >= 0.3 is 0 Å². The number of nitrogens with two attached hydrogens (primary N) is 1. The summed E-state index contributed by atoms with van der Waals surface area (Å²) in [5.41, 5.74) is 8.44. The molecule has 3 heterocycles. The second kappa shape index (κ2) is 8.69. The Bertz CT molecular complexity index is 1070. The summed E-state index contributed by atoms with van der Waals surface area (Å²) in [6.45, 7) is 2.59. The molecule has 167 valence electrons. The maximum absolute atomic E-state index is 13.6. The van der Waals surface area contributed by atoms with Gasteiger partial charge in [-0.15, -0.1) is 0 Å². The van der Waals surface area contributed by atoms with Gasteiger partial charge in [-0.2, -0.15) is 0 Å². The molecule has 5 rings (SSSR count). The molecule has 2 fully saturated rings. The molecule has 2 aromatic heterocycles. The Morgan fingerprint density at radius 1 is 1.03 bits per heavy atom. The summed E-state index contributed by atoms with van der Waals surface area (Å²) in [5, 5.41) is 0. The second-order valence-corrected chi connectivity index (χ2v) is 8.89. The third-order valence-corrected chi connectivity index (χ3v) is 5.88. The highest BCUT2D eigenvalue weighted by Crippen LogP contribution is 2.35. The molecule has 1 saturated heterocycles. The third kappa shape index (κ3) is 4.44. The van der Waals surface area contributed by atoms with Gasteiger partial charge in [-0.1, -0.05) is 19.3 Å². The monoisotopic (exact) mass is 436 g/mol. The Morgan fingerprint density at radius 3 is 2.47 bits per heavy atom. The average Bonchev–Trinajstić information content (AvgIpc) is 3.26. The van der Waals surface area contributed by atoms with E-state index in [0.29, 0.717) is 24.7 Å². The van der Waals surface area contributed by atoms with E-state index in [0.717, 1.165) is 35.6 Å². The first-order chi connectivity index (χ1) is 15.5. The van der Waals surface area contributed by atoms with E-state index in [2.05, 4.69) is 9.97 Å². The zero-order valence-corrected chi connectivity index (χ0v) is 18.1. The summed E-state index contributed by atoms with van der Waals surface area (Å²) in [7, 11) is 0. The highest BCUT2D eigenvalue weighted by atomic mass is 19.1. The Balaban J connectivity index is 1.53. The molecule has 2 aliphatic rings. The molecule has 1 aliphatic heterocycles. The van der Waals surface area contributed by atoms with Crippen molar-refractivity contribution in [1.82, 2.24) is 19.9 Å². The van der Waals surface area contributed by atoms with E-state index < -0.39 is 11.8 Å². The lowest BCUT2D eigenvalue weighted by Crippen LogP contribution is -2.50. The normalized spacial score (nSPS) is 24.5. The smallest absolute Gasteiger partial charge is 0.217 e. The van der Waals surface area contributed by atoms with Gasteiger partial charge < -0.3 is 20.2 Å². The van der Waals surface area contributed by atoms with E-state index in [1.54, 1.807) is 18.3 Å². The van der Waals surface area contributed by atoms with Crippen LogP contribution in [0.1, 0.15) is 57.0 Å². The molecule has 0 bridgehead atoms. The van der Waals surface area contributed by atoms with Crippen molar-refractivity contribution in [3.05, 3.63) is 59.9 Å². The largest absolute Gasteiger partial charge is 0.344 e. The maximum atomic E-state index is 13.6. The van der Waals surface area contributed by atoms with Crippen LogP contribution in [-0.4, -0.2) is 38.7 Å². The highest BCUT2D eigenvalue weighted by molar-refractivity contribution is 5.76. The zero-order valence-electron chi connectivity index (χ0n) is 18.1. The number of hydrogen-bond donors (Lipinski definition) is 2. The van der Waals surface area contributed by atoms with Crippen molar-refractivity contribution in [2.24, 2.45) is 5.73 Å². The quantitative estimate of drug-likeness (QED) is 0.632. The molecular weight excluding hydrogens is 409 g/mol. The molecule has 32 heavy (non-hydrogen) atoms. The minimum atomic E-state index is -0.659. The summed E-state index contributed by atoms with van der Waals surface area (Å²) in [6, 6.07) is 8.11. The van der Waals surface area contributed by atoms with Gasteiger partial charge in [0, 0.05) is 17.7 Å². The van der Waals surface area contributed by atoms with E-state index >= 15 is 0 Å². The van der Waals surface area contributed by atoms with Crippen LogP contribution in [0.15, 0.2) is 36.5 Å². The maximum Gasteiger partial charge on any atom is 0.217 e. The van der Waals surface area contributed by atoms with Gasteiger partial charge in [0.05, 0.1) is 35.8 Å². The Hall–Kier alpha value is -2.68. The SMILES string of the molecule is CC1(N)COC(c2nc(-c3ccc(F)cc3)c(-c3ccnc([C]4CCCCC4)n3)[nH]2)OC1. The van der Waals surface area contributed by atoms with Gasteiger partial charge in [0.2, 0.25) is 6.29 Å². The standard InChI is InChI=1S/C24H27FN5O2/c1-24(26)13-31-23(32-14-24)22-29-19(15-7-9-17(25)10-8-15)20(30-22)18-11-12-27-21(28-18)16-5-3-2-4-6-16/h7-12,23H,2-6,13-14,26H2,1H3,(H,29,30). The van der Waals surface area contributed by atoms with Crippen LogP contribution >= 0.6 is 0 Å². The van der Waals surface area contributed by atoms with Gasteiger partial charge in [0.15, 0.2) is 5.82 Å². The van der Waals surface area contributed by atoms with Crippen molar-refractivity contribution in [2.45, 2.75) is 50.9 Å². The van der Waals surface area contributed by atoms with Gasteiger partial charge in [-0.3, -0.25) is 0 Å². The lowest BCUT2D eigenvalue weighted by atomic mass is 9.88. The fourth-order valence-electron chi connectivity index (χ4n) is 4.16. The molecule has 1 saturated carbocycles. The topological polar surface area (TPSA) is 98.9 Å². The second-order valence-electron chi connectivity index (χ2n) is 8.89. The molecule has 0 unspecified atom stereocenters. The number of H-pyrrole nitrogens is 1. The number of imidazole rings is 1. The van der Waals surface area contributed by atoms with E-state index in [-0.39, 0.29) is 5.82 Å². The van der Waals surface area contributed by atoms with Gasteiger partial charge in [-0.05, 0) is 50.1 Å². The van der Waals surface area contributed by atoms with Gasteiger partial charge in [-0.25, -0.2) is 19.3 Å². The van der Waals surface area contributed by atoms with Crippen LogP contribution < -0.4 is 5.73 Å². The van der Waals surface area contributed by atoms with E-state index in [1.165, 1.54) is 37.3 Å². The van der Waals surface area contributed by atoms with Crippen molar-refractivity contribution >= 4 is 0 Å². The third-order valence-electron chi connectivity index (χ3n) is 5.88. The molecule has 3 N–H and O–H groups in total. The minimum absolute atomic E-state index is 0.301. The highest BCUT2D eigenvalue weighted by Gasteiger charge is 2.32. The molecular formula is C24H27FN5O2. The number of rotatable bonds is 4. The summed E-state index contributed by atoms with van der Waals surface area (Å²) in [5.74, 6) is 2.31. The van der Waals surface area contributed by atoms with Crippen molar-refractivity contribution < 1.29 is 13.9 Å². The van der Waals surface area contributed by atoms with E-state index in [1.807, 2.05) is 13.0 Å². The Morgan fingerprint density at radius 2 is 1.75 bits per heavy atom. The van der Waals surface area contributed by atoms with Gasteiger partial charge in [0.1, 0.15) is 11.6 Å². The number of benzene rings is 1. The molecule has 1 radical (unpaired) electrons. The number of aromatic nitrogens is 4. The van der Waals surface area contributed by atoms with Crippen LogP contribution in [0, 0.1) is 11.7 Å². The van der Waals surface area contributed by atoms with Crippen LogP contribution in [-0.2, 0) is 9.47 Å². The minimum Gasteiger partial charge on any atom is -0.344 e. The summed E-state index contributed by atoms with van der Waals surface area (Å²) >= 11 is 0. The number of nitrogens with zero attached hydrogens (tertiary/aromatic N) is 3. The lowest BCUT2D eigenvalue weighted by Gasteiger charge is -2.33. The van der Waals surface area contributed by atoms with E-state index in [9.17, 15) is 4.39 Å². The zero-order chi connectivity index (χ0) is 22.1. The molecule has 0 spiro atoms. The van der Waals surface area contributed by atoms with Gasteiger partial charge in [0.25, 0.3) is 0 Å². The number of aromatic amines is 1. The number of hydrogen-bond acceptors (Lipinski definition) is 6. The first-order valence-corrected chi connectivity index (χ1v) is 11.0. The van der Waals surface area contributed by atoms with Crippen molar-refractivity contribution in [2.75, 3.05) is 13.2 Å². The van der Waals surface area contributed by atoms with Crippen molar-refractivity contribution in [3.8, 4) is 22.6 Å². The molecule has 0 atom stereocenters. The molecule has 1 aromatic carbocycles. The number of halogens is 1. The molecule has 8 heteroatoms. The number of nitrogens with one attached hydrogen (secondary N) is 1. The summed E-state index contributed by atoms with van der Waals surface area (Å²) in [4.78, 5) is 17.5. The fourth-order valence-corrected chi connectivity index (χ4v) is 4.16. The summed E-state index contributed by atoms with van der Waals surface area (Å²) in [6.07, 6.45) is 6.79. The Kier molecular flexibility index (Phi) is 5.75. The molecule has 3 aromatic rings. The fraction of sp³-hybridized carbons (Fsp3) is 0.417. The molecule has 0 amide bonds. The summed E-state index contributed by atoms with van der Waals surface area (Å²) < 4.78 is 25.2. The van der Waals surface area contributed by atoms with Crippen LogP contribution in [0.4, 0.5) is 4.39 Å². The van der Waals surface area contributed by atoms with E-state index in [4.69, 9.17) is 25.2 Å². The first kappa shape index (κ1) is 21.2. The van der Waals surface area contributed by atoms with Crippen molar-refractivity contribution in [1.29, 1.82) is 0 Å². The van der Waals surface area contributed by atoms with Crippen LogP contribution in [0.5, 0.6) is 0 Å².